The molecule has 3 aliphatic heterocycles. The molecular weight excluding hydrogens is 507 g/mol. The molecule has 1 saturated heterocycles. The van der Waals surface area contributed by atoms with E-state index in [1.807, 2.05) is 40.7 Å². The number of aromatic nitrogens is 1. The fourth-order valence-electron chi connectivity index (χ4n) is 6.14. The Morgan fingerprint density at radius 1 is 1.12 bits per heavy atom. The number of halogens is 1. The molecule has 3 N–H and O–H groups in total. The van der Waals surface area contributed by atoms with Crippen molar-refractivity contribution in [2.45, 2.75) is 19.4 Å². The number of carbonyl (C=O) groups is 2. The number of ketones is 1. The molecule has 3 aromatic rings. The number of carbonyl (C=O) groups excluding carboxylic acids is 2. The molecule has 4 aliphatic rings. The number of benzene rings is 3. The average Bonchev–Trinajstić information content (AvgIpc) is 3.37. The van der Waals surface area contributed by atoms with E-state index in [1.165, 1.54) is 6.07 Å². The third-order valence-corrected chi connectivity index (χ3v) is 8.09. The quantitative estimate of drug-likeness (QED) is 0.257. The number of hydrogen-bond donors (Lipinski definition) is 2. The minimum absolute atomic E-state index is 0.0791. The average molecular weight is 535 g/mol. The van der Waals surface area contributed by atoms with Crippen LogP contribution in [0.4, 0.5) is 10.1 Å². The molecule has 0 saturated carbocycles. The highest BCUT2D eigenvalue weighted by atomic mass is 19.1. The monoisotopic (exact) mass is 534 g/mol. The molecule has 8 heteroatoms. The molecule has 40 heavy (non-hydrogen) atoms. The molecule has 3 heterocycles. The van der Waals surface area contributed by atoms with E-state index in [1.54, 1.807) is 18.3 Å². The lowest BCUT2D eigenvalue weighted by Gasteiger charge is -2.27. The molecule has 1 atom stereocenters. The van der Waals surface area contributed by atoms with Crippen LogP contribution in [-0.4, -0.2) is 41.9 Å². The van der Waals surface area contributed by atoms with Gasteiger partial charge in [0.15, 0.2) is 22.8 Å². The van der Waals surface area contributed by atoms with Gasteiger partial charge >= 0.3 is 0 Å². The van der Waals surface area contributed by atoms with Crippen LogP contribution in [0.1, 0.15) is 50.8 Å². The van der Waals surface area contributed by atoms with Gasteiger partial charge in [-0.3, -0.25) is 9.59 Å². The van der Waals surface area contributed by atoms with Gasteiger partial charge in [0.2, 0.25) is 0 Å². The number of fused-ring (bicyclic) bond motifs is 4. The Labute approximate surface area is 229 Å². The van der Waals surface area contributed by atoms with Gasteiger partial charge in [0.05, 0.1) is 16.8 Å². The van der Waals surface area contributed by atoms with E-state index in [0.29, 0.717) is 80.6 Å². The third kappa shape index (κ3) is 3.32. The standard InChI is InChI=1S/C32H27FN4O3/c1-4-35-32(39)24-15-37-26-12-21-16(2)19-7-5-6-8-20(19)30(38)23(21)13-27(26)40-31-28(37)22(17(24)3)11-25(33)29(31)36-10-9-18(34)14-36/h5-8,11-13,15,18H,2-4,9-10,14,34H2,1H3,(H,35,39). The minimum atomic E-state index is -0.485. The second-order valence-electron chi connectivity index (χ2n) is 10.5. The summed E-state index contributed by atoms with van der Waals surface area (Å²) in [6, 6.07) is 12.3. The first kappa shape index (κ1) is 24.4. The highest BCUT2D eigenvalue weighted by molar-refractivity contribution is 6.20. The van der Waals surface area contributed by atoms with E-state index in [4.69, 9.17) is 10.2 Å². The molecule has 1 aliphatic carbocycles. The Kier molecular flexibility index (Phi) is 5.27. The number of amides is 1. The maximum Gasteiger partial charge on any atom is 0.253 e. The number of anilines is 1. The van der Waals surface area contributed by atoms with Crippen LogP contribution in [0.15, 0.2) is 59.7 Å². The first-order valence-electron chi connectivity index (χ1n) is 13.3. The van der Waals surface area contributed by atoms with Crippen molar-refractivity contribution >= 4 is 51.6 Å². The lowest BCUT2D eigenvalue weighted by Crippen LogP contribution is -2.31. The normalized spacial score (nSPS) is 16.7. The van der Waals surface area contributed by atoms with E-state index in [9.17, 15) is 9.59 Å². The van der Waals surface area contributed by atoms with Gasteiger partial charge in [0.25, 0.3) is 5.91 Å². The van der Waals surface area contributed by atoms with E-state index < -0.39 is 5.82 Å². The van der Waals surface area contributed by atoms with Gasteiger partial charge in [-0.2, -0.15) is 0 Å². The maximum atomic E-state index is 15.9. The summed E-state index contributed by atoms with van der Waals surface area (Å²) in [6.07, 6.45) is 2.44. The smallest absolute Gasteiger partial charge is 0.253 e. The van der Waals surface area contributed by atoms with E-state index in [-0.39, 0.29) is 17.7 Å². The number of pyridine rings is 1. The lowest BCUT2D eigenvalue weighted by atomic mass is 9.82. The van der Waals surface area contributed by atoms with Crippen LogP contribution in [0.2, 0.25) is 0 Å². The van der Waals surface area contributed by atoms with Gasteiger partial charge in [0.1, 0.15) is 5.69 Å². The summed E-state index contributed by atoms with van der Waals surface area (Å²) in [7, 11) is 0. The Morgan fingerprint density at radius 3 is 2.62 bits per heavy atom. The maximum absolute atomic E-state index is 15.9. The van der Waals surface area contributed by atoms with Crippen molar-refractivity contribution in [3.8, 4) is 5.69 Å². The van der Waals surface area contributed by atoms with E-state index >= 15 is 4.39 Å². The molecule has 200 valence electrons. The Morgan fingerprint density at radius 2 is 1.90 bits per heavy atom. The number of nitrogens with zero attached hydrogens (tertiary/aromatic N) is 2. The van der Waals surface area contributed by atoms with Gasteiger partial charge in [-0.25, -0.2) is 4.39 Å². The van der Waals surface area contributed by atoms with Gasteiger partial charge in [0, 0.05) is 48.4 Å². The van der Waals surface area contributed by atoms with E-state index in [2.05, 4.69) is 18.5 Å². The second-order valence-corrected chi connectivity index (χ2v) is 10.5. The molecule has 0 radical (unpaired) electrons. The van der Waals surface area contributed by atoms with Crippen LogP contribution in [0, 0.1) is 5.82 Å². The molecule has 7 nitrogen and oxygen atoms in total. The molecule has 3 aromatic carbocycles. The van der Waals surface area contributed by atoms with Gasteiger partial charge in [-0.1, -0.05) is 37.4 Å². The summed E-state index contributed by atoms with van der Waals surface area (Å²) in [5.74, 6) is -0.929. The number of rotatable bonds is 3. The van der Waals surface area contributed by atoms with Crippen molar-refractivity contribution < 1.29 is 18.4 Å². The fourth-order valence-corrected chi connectivity index (χ4v) is 6.14. The summed E-state index contributed by atoms with van der Waals surface area (Å²) >= 11 is 0. The Hall–Kier alpha value is -4.69. The van der Waals surface area contributed by atoms with Crippen molar-refractivity contribution in [3.05, 3.63) is 94.1 Å². The molecular formula is C32H27FN4O3. The number of hydrogen-bond acceptors (Lipinski definition) is 5. The van der Waals surface area contributed by atoms with Crippen molar-refractivity contribution in [1.29, 1.82) is 0 Å². The summed E-state index contributed by atoms with van der Waals surface area (Å²) in [6.45, 7) is 11.8. The number of nitrogens with two attached hydrogens (primary N) is 1. The zero-order valence-electron chi connectivity index (χ0n) is 22.0. The summed E-state index contributed by atoms with van der Waals surface area (Å²) in [5, 5.41) is 3.69. The van der Waals surface area contributed by atoms with Crippen LogP contribution in [0.3, 0.4) is 0 Å². The Balaban J connectivity index is 1.61. The van der Waals surface area contributed by atoms with Gasteiger partial charge in [-0.05, 0) is 53.5 Å². The predicted molar refractivity (Wildman–Crippen MR) is 155 cm³/mol. The van der Waals surface area contributed by atoms with Crippen molar-refractivity contribution in [2.24, 2.45) is 5.73 Å². The van der Waals surface area contributed by atoms with Gasteiger partial charge in [-0.15, -0.1) is 0 Å². The zero-order chi connectivity index (χ0) is 27.9. The van der Waals surface area contributed by atoms with Crippen LogP contribution in [0.5, 0.6) is 0 Å². The highest BCUT2D eigenvalue weighted by Gasteiger charge is 2.32. The Bertz CT molecular complexity index is 1970. The topological polar surface area (TPSA) is 93.5 Å². The first-order valence-corrected chi connectivity index (χ1v) is 13.3. The largest absolute Gasteiger partial charge is 0.451 e. The molecule has 1 amide bonds. The SMILES string of the molecule is C=C1c2ccccc2C(=O)c2cc3oc4c(N5CCC(N)C5)c(F)cc5c4-n(cc(C(=O)NCC)c5=C)c3cc21. The molecule has 1 fully saturated rings. The predicted octanol–water partition coefficient (Wildman–Crippen LogP) is 4.54. The summed E-state index contributed by atoms with van der Waals surface area (Å²) in [4.78, 5) is 28.5. The van der Waals surface area contributed by atoms with Crippen LogP contribution >= 0.6 is 0 Å². The molecule has 1 unspecified atom stereocenters. The first-order chi connectivity index (χ1) is 19.3. The summed E-state index contributed by atoms with van der Waals surface area (Å²) < 4.78 is 24.3. The van der Waals surface area contributed by atoms with Gasteiger partial charge < -0.3 is 24.9 Å². The van der Waals surface area contributed by atoms with Crippen molar-refractivity contribution in [3.63, 3.8) is 0 Å². The molecule has 0 aromatic heterocycles. The molecule has 0 bridgehead atoms. The van der Waals surface area contributed by atoms with Crippen LogP contribution < -0.4 is 21.2 Å². The number of nitrogens with one attached hydrogen (secondary N) is 1. The van der Waals surface area contributed by atoms with Crippen molar-refractivity contribution in [1.82, 2.24) is 9.88 Å². The molecule has 7 rings (SSSR count). The fraction of sp³-hybridized carbons (Fsp3) is 0.188. The van der Waals surface area contributed by atoms with Crippen LogP contribution in [0.25, 0.3) is 39.9 Å². The van der Waals surface area contributed by atoms with Crippen molar-refractivity contribution in [2.75, 3.05) is 24.5 Å². The minimum Gasteiger partial charge on any atom is -0.451 e. The lowest BCUT2D eigenvalue weighted by molar-refractivity contribution is 0.0953. The summed E-state index contributed by atoms with van der Waals surface area (Å²) in [5.41, 5.74) is 11.9. The van der Waals surface area contributed by atoms with Crippen LogP contribution in [-0.2, 0) is 0 Å². The second kappa shape index (κ2) is 8.66. The molecule has 0 spiro atoms. The third-order valence-electron chi connectivity index (χ3n) is 8.09. The van der Waals surface area contributed by atoms with E-state index in [0.717, 1.165) is 17.6 Å². The highest BCUT2D eigenvalue weighted by Crippen LogP contribution is 2.42. The zero-order valence-corrected chi connectivity index (χ0v) is 22.0.